The molecule has 0 unspecified atom stereocenters. The number of nitrogens with zero attached hydrogens (tertiary/aromatic N) is 5. The van der Waals surface area contributed by atoms with Crippen LogP contribution in [0.15, 0.2) is 18.3 Å². The minimum Gasteiger partial charge on any atom is -0.304 e. The van der Waals surface area contributed by atoms with Gasteiger partial charge in [-0.15, -0.1) is 10.2 Å². The fourth-order valence-corrected chi connectivity index (χ4v) is 1.64. The SMILES string of the molecule is CCc1cccnc1CNCc1nnn(C)n1. The van der Waals surface area contributed by atoms with Crippen LogP contribution in [0.4, 0.5) is 0 Å². The van der Waals surface area contributed by atoms with Crippen molar-refractivity contribution < 1.29 is 0 Å². The van der Waals surface area contributed by atoms with Crippen LogP contribution in [0.5, 0.6) is 0 Å². The molecule has 6 nitrogen and oxygen atoms in total. The van der Waals surface area contributed by atoms with Crippen molar-refractivity contribution in [2.75, 3.05) is 0 Å². The van der Waals surface area contributed by atoms with Crippen molar-refractivity contribution in [3.05, 3.63) is 35.4 Å². The van der Waals surface area contributed by atoms with Gasteiger partial charge >= 0.3 is 0 Å². The van der Waals surface area contributed by atoms with E-state index in [1.165, 1.54) is 10.4 Å². The van der Waals surface area contributed by atoms with Crippen LogP contribution < -0.4 is 5.32 Å². The van der Waals surface area contributed by atoms with Crippen molar-refractivity contribution in [2.24, 2.45) is 7.05 Å². The first-order valence-electron chi connectivity index (χ1n) is 5.66. The molecule has 6 heteroatoms. The highest BCUT2D eigenvalue weighted by Crippen LogP contribution is 2.05. The molecule has 90 valence electrons. The summed E-state index contributed by atoms with van der Waals surface area (Å²) in [6.07, 6.45) is 2.81. The van der Waals surface area contributed by atoms with E-state index in [0.29, 0.717) is 12.4 Å². The summed E-state index contributed by atoms with van der Waals surface area (Å²) in [5.41, 5.74) is 2.35. The molecule has 0 aromatic carbocycles. The Hall–Kier alpha value is -1.82. The minimum absolute atomic E-state index is 0.605. The molecule has 0 fully saturated rings. The Labute approximate surface area is 100 Å². The second-order valence-corrected chi connectivity index (χ2v) is 3.76. The van der Waals surface area contributed by atoms with Gasteiger partial charge in [-0.05, 0) is 23.3 Å². The quantitative estimate of drug-likeness (QED) is 0.811. The normalized spacial score (nSPS) is 10.7. The van der Waals surface area contributed by atoms with Crippen LogP contribution in [0.1, 0.15) is 24.0 Å². The van der Waals surface area contributed by atoms with Gasteiger partial charge < -0.3 is 5.32 Å². The van der Waals surface area contributed by atoms with Crippen molar-refractivity contribution in [2.45, 2.75) is 26.4 Å². The van der Waals surface area contributed by atoms with Gasteiger partial charge in [0, 0.05) is 12.7 Å². The molecule has 2 aromatic rings. The lowest BCUT2D eigenvalue weighted by Crippen LogP contribution is -2.16. The van der Waals surface area contributed by atoms with Crippen molar-refractivity contribution in [3.63, 3.8) is 0 Å². The first-order chi connectivity index (χ1) is 8.29. The highest BCUT2D eigenvalue weighted by atomic mass is 15.6. The Morgan fingerprint density at radius 3 is 2.94 bits per heavy atom. The smallest absolute Gasteiger partial charge is 0.188 e. The highest BCUT2D eigenvalue weighted by Gasteiger charge is 2.03. The number of hydrogen-bond donors (Lipinski definition) is 1. The summed E-state index contributed by atoms with van der Waals surface area (Å²) < 4.78 is 0. The highest BCUT2D eigenvalue weighted by molar-refractivity contribution is 5.19. The number of tetrazole rings is 1. The molecule has 0 spiro atoms. The van der Waals surface area contributed by atoms with E-state index in [4.69, 9.17) is 0 Å². The molecule has 2 heterocycles. The summed E-state index contributed by atoms with van der Waals surface area (Å²) >= 11 is 0. The van der Waals surface area contributed by atoms with Crippen LogP contribution in [-0.4, -0.2) is 25.2 Å². The van der Waals surface area contributed by atoms with Gasteiger partial charge in [0.1, 0.15) is 0 Å². The molecule has 0 aliphatic rings. The first-order valence-corrected chi connectivity index (χ1v) is 5.66. The van der Waals surface area contributed by atoms with Crippen LogP contribution in [0.3, 0.4) is 0 Å². The standard InChI is InChI=1S/C11H16N6/c1-3-9-5-4-6-13-10(9)7-12-8-11-14-16-17(2)15-11/h4-6,12H,3,7-8H2,1-2H3. The molecule has 17 heavy (non-hydrogen) atoms. The Morgan fingerprint density at radius 1 is 1.35 bits per heavy atom. The first kappa shape index (κ1) is 11.7. The molecule has 0 amide bonds. The summed E-state index contributed by atoms with van der Waals surface area (Å²) in [6.45, 7) is 3.46. The topological polar surface area (TPSA) is 68.5 Å². The van der Waals surface area contributed by atoms with Gasteiger partial charge in [0.05, 0.1) is 19.3 Å². The van der Waals surface area contributed by atoms with E-state index >= 15 is 0 Å². The lowest BCUT2D eigenvalue weighted by Gasteiger charge is -2.06. The monoisotopic (exact) mass is 232 g/mol. The second-order valence-electron chi connectivity index (χ2n) is 3.76. The van der Waals surface area contributed by atoms with Gasteiger partial charge in [-0.25, -0.2) is 0 Å². The van der Waals surface area contributed by atoms with Gasteiger partial charge in [0.15, 0.2) is 5.82 Å². The number of hydrogen-bond acceptors (Lipinski definition) is 5. The van der Waals surface area contributed by atoms with Crippen LogP contribution >= 0.6 is 0 Å². The average molecular weight is 232 g/mol. The van der Waals surface area contributed by atoms with Crippen LogP contribution in [0.25, 0.3) is 0 Å². The van der Waals surface area contributed by atoms with Crippen LogP contribution in [0, 0.1) is 0 Å². The van der Waals surface area contributed by atoms with Crippen molar-refractivity contribution in [1.29, 1.82) is 0 Å². The Bertz CT molecular complexity index is 478. The number of nitrogens with one attached hydrogen (secondary N) is 1. The molecular weight excluding hydrogens is 216 g/mol. The zero-order valence-corrected chi connectivity index (χ0v) is 10.1. The molecule has 2 aromatic heterocycles. The largest absolute Gasteiger partial charge is 0.304 e. The molecule has 0 aliphatic carbocycles. The molecule has 2 rings (SSSR count). The fraction of sp³-hybridized carbons (Fsp3) is 0.455. The van der Waals surface area contributed by atoms with E-state index < -0.39 is 0 Å². The maximum Gasteiger partial charge on any atom is 0.188 e. The zero-order valence-electron chi connectivity index (χ0n) is 10.1. The summed E-state index contributed by atoms with van der Waals surface area (Å²) in [7, 11) is 1.75. The lowest BCUT2D eigenvalue weighted by molar-refractivity contribution is 0.616. The molecule has 0 saturated heterocycles. The predicted molar refractivity (Wildman–Crippen MR) is 63.0 cm³/mol. The summed E-state index contributed by atoms with van der Waals surface area (Å²) in [6, 6.07) is 4.07. The van der Waals surface area contributed by atoms with Gasteiger partial charge in [-0.2, -0.15) is 4.80 Å². The molecule has 1 N–H and O–H groups in total. The lowest BCUT2D eigenvalue weighted by atomic mass is 10.1. The van der Waals surface area contributed by atoms with E-state index in [1.807, 2.05) is 12.3 Å². The summed E-state index contributed by atoms with van der Waals surface area (Å²) in [5.74, 6) is 0.696. The molecule has 0 bridgehead atoms. The predicted octanol–water partition coefficient (Wildman–Crippen LogP) is 0.457. The Morgan fingerprint density at radius 2 is 2.24 bits per heavy atom. The fourth-order valence-electron chi connectivity index (χ4n) is 1.64. The average Bonchev–Trinajstić information content (AvgIpc) is 2.76. The van der Waals surface area contributed by atoms with Gasteiger partial charge in [-0.1, -0.05) is 13.0 Å². The van der Waals surface area contributed by atoms with E-state index in [-0.39, 0.29) is 0 Å². The third kappa shape index (κ3) is 3.07. The zero-order chi connectivity index (χ0) is 12.1. The van der Waals surface area contributed by atoms with Crippen molar-refractivity contribution >= 4 is 0 Å². The molecule has 0 saturated carbocycles. The van der Waals surface area contributed by atoms with Gasteiger partial charge in [-0.3, -0.25) is 4.98 Å². The third-order valence-corrected chi connectivity index (χ3v) is 2.49. The van der Waals surface area contributed by atoms with E-state index in [1.54, 1.807) is 7.05 Å². The third-order valence-electron chi connectivity index (χ3n) is 2.49. The van der Waals surface area contributed by atoms with Gasteiger partial charge in [0.2, 0.25) is 0 Å². The number of rotatable bonds is 5. The van der Waals surface area contributed by atoms with E-state index in [0.717, 1.165) is 18.7 Å². The van der Waals surface area contributed by atoms with Crippen LogP contribution in [-0.2, 0) is 26.6 Å². The Kier molecular flexibility index (Phi) is 3.77. The Balaban J connectivity index is 1.89. The maximum absolute atomic E-state index is 4.36. The van der Waals surface area contributed by atoms with E-state index in [2.05, 4.69) is 38.7 Å². The van der Waals surface area contributed by atoms with Crippen molar-refractivity contribution in [1.82, 2.24) is 30.5 Å². The molecular formula is C11H16N6. The molecule has 0 radical (unpaired) electrons. The minimum atomic E-state index is 0.605. The van der Waals surface area contributed by atoms with Crippen molar-refractivity contribution in [3.8, 4) is 0 Å². The molecule has 0 aliphatic heterocycles. The number of aryl methyl sites for hydroxylation is 2. The maximum atomic E-state index is 4.36. The summed E-state index contributed by atoms with van der Waals surface area (Å²) in [4.78, 5) is 5.82. The number of aromatic nitrogens is 5. The summed E-state index contributed by atoms with van der Waals surface area (Å²) in [5, 5.41) is 15.0. The molecule has 0 atom stereocenters. The van der Waals surface area contributed by atoms with Crippen LogP contribution in [0.2, 0.25) is 0 Å². The second kappa shape index (κ2) is 5.49. The van der Waals surface area contributed by atoms with Gasteiger partial charge in [0.25, 0.3) is 0 Å². The number of pyridine rings is 1. The van der Waals surface area contributed by atoms with E-state index in [9.17, 15) is 0 Å².